The molecule has 0 aliphatic carbocycles. The van der Waals surface area contributed by atoms with Crippen LogP contribution in [0.15, 0.2) is 54.0 Å². The van der Waals surface area contributed by atoms with E-state index in [4.69, 9.17) is 5.73 Å². The first kappa shape index (κ1) is 19.5. The number of nitrogens with zero attached hydrogens (tertiary/aromatic N) is 1. The van der Waals surface area contributed by atoms with Crippen molar-refractivity contribution in [2.45, 2.75) is 27.2 Å². The topological polar surface area (TPSA) is 50.4 Å². The van der Waals surface area contributed by atoms with E-state index in [1.165, 1.54) is 0 Å². The van der Waals surface area contributed by atoms with E-state index in [0.29, 0.717) is 0 Å². The number of hydrogen-bond acceptors (Lipinski definition) is 3. The number of benzene rings is 2. The van der Waals surface area contributed by atoms with Crippen molar-refractivity contribution in [1.29, 1.82) is 0 Å². The molecule has 0 spiro atoms. The number of nitrogen functional groups attached to an aromatic ring is 1. The fourth-order valence-corrected chi connectivity index (χ4v) is 2.97. The zero-order valence-electron chi connectivity index (χ0n) is 16.3. The van der Waals surface area contributed by atoms with E-state index in [1.807, 2.05) is 38.4 Å². The average Bonchev–Trinajstić information content (AvgIpc) is 2.64. The summed E-state index contributed by atoms with van der Waals surface area (Å²) in [4.78, 5) is 4.49. The largest absolute Gasteiger partial charge is 0.399 e. The van der Waals surface area contributed by atoms with E-state index >= 15 is 0 Å². The Morgan fingerprint density at radius 3 is 2.58 bits per heavy atom. The third kappa shape index (κ3) is 4.42. The van der Waals surface area contributed by atoms with Gasteiger partial charge in [0.15, 0.2) is 0 Å². The number of anilines is 2. The smallest absolute Gasteiger partial charge is 0.0417 e. The van der Waals surface area contributed by atoms with E-state index in [-0.39, 0.29) is 0 Å². The molecule has 0 unspecified atom stereocenters. The van der Waals surface area contributed by atoms with Crippen LogP contribution in [0.3, 0.4) is 0 Å². The van der Waals surface area contributed by atoms with Crippen molar-refractivity contribution < 1.29 is 0 Å². The van der Waals surface area contributed by atoms with Gasteiger partial charge in [0.05, 0.1) is 0 Å². The highest BCUT2D eigenvalue weighted by Gasteiger charge is 2.12. The predicted octanol–water partition coefficient (Wildman–Crippen LogP) is 5.56. The predicted molar refractivity (Wildman–Crippen MR) is 117 cm³/mol. The molecule has 0 amide bonds. The van der Waals surface area contributed by atoms with E-state index in [0.717, 1.165) is 57.7 Å². The summed E-state index contributed by atoms with van der Waals surface area (Å²) in [5, 5.41) is 3.27. The Morgan fingerprint density at radius 1 is 1.19 bits per heavy atom. The van der Waals surface area contributed by atoms with Gasteiger partial charge < -0.3 is 11.1 Å². The molecule has 0 bridgehead atoms. The number of aryl methyl sites for hydroxylation is 1. The summed E-state index contributed by atoms with van der Waals surface area (Å²) in [6.07, 6.45) is 5.10. The number of aliphatic imine (C=N–C) groups is 1. The van der Waals surface area contributed by atoms with Gasteiger partial charge in [0.25, 0.3) is 0 Å². The second-order valence-electron chi connectivity index (χ2n) is 6.34. The molecule has 2 aromatic rings. The van der Waals surface area contributed by atoms with Gasteiger partial charge in [-0.2, -0.15) is 0 Å². The molecule has 3 N–H and O–H groups in total. The monoisotopic (exact) mass is 347 g/mol. The van der Waals surface area contributed by atoms with Crippen LogP contribution in [0.4, 0.5) is 11.4 Å². The molecule has 0 aliphatic rings. The molecule has 3 heteroatoms. The summed E-state index contributed by atoms with van der Waals surface area (Å²) in [6, 6.07) is 12.3. The van der Waals surface area contributed by atoms with Crippen LogP contribution in [0.2, 0.25) is 0 Å². The molecular weight excluding hydrogens is 318 g/mol. The third-order valence-corrected chi connectivity index (χ3v) is 4.42. The number of rotatable bonds is 7. The highest BCUT2D eigenvalue weighted by molar-refractivity contribution is 6.10. The molecule has 0 saturated carbocycles. The first-order chi connectivity index (χ1) is 12.5. The highest BCUT2D eigenvalue weighted by Crippen LogP contribution is 2.32. The van der Waals surface area contributed by atoms with E-state index in [1.54, 1.807) is 0 Å². The molecule has 0 aromatic heterocycles. The molecule has 0 saturated heterocycles. The van der Waals surface area contributed by atoms with Crippen molar-refractivity contribution in [3.8, 4) is 0 Å². The van der Waals surface area contributed by atoms with Gasteiger partial charge in [-0.15, -0.1) is 0 Å². The maximum absolute atomic E-state index is 5.90. The molecule has 2 aromatic carbocycles. The maximum atomic E-state index is 5.90. The SMILES string of the molecule is C=C(c1ccc(N)cc1C)c1cc(/C(C=NCCC)=C/C)ccc1NC. The lowest BCUT2D eigenvalue weighted by Crippen LogP contribution is -2.00. The van der Waals surface area contributed by atoms with Crippen LogP contribution in [0.5, 0.6) is 0 Å². The van der Waals surface area contributed by atoms with E-state index in [9.17, 15) is 0 Å². The molecule has 0 atom stereocenters. The Hall–Kier alpha value is -2.81. The van der Waals surface area contributed by atoms with Crippen molar-refractivity contribution in [3.63, 3.8) is 0 Å². The quantitative estimate of drug-likeness (QED) is 0.508. The summed E-state index contributed by atoms with van der Waals surface area (Å²) in [5.74, 6) is 0. The first-order valence-electron chi connectivity index (χ1n) is 9.05. The minimum absolute atomic E-state index is 0.768. The zero-order chi connectivity index (χ0) is 19.1. The van der Waals surface area contributed by atoms with Gasteiger partial charge in [0.1, 0.15) is 0 Å². The van der Waals surface area contributed by atoms with Crippen LogP contribution in [0.1, 0.15) is 42.5 Å². The van der Waals surface area contributed by atoms with Gasteiger partial charge in [-0.05, 0) is 72.4 Å². The number of allylic oxidation sites excluding steroid dienone is 2. The number of nitrogens with two attached hydrogens (primary N) is 1. The molecule has 0 fully saturated rings. The van der Waals surface area contributed by atoms with Crippen molar-refractivity contribution >= 4 is 28.7 Å². The fourth-order valence-electron chi connectivity index (χ4n) is 2.97. The second kappa shape index (κ2) is 9.04. The normalized spacial score (nSPS) is 11.8. The summed E-state index contributed by atoms with van der Waals surface area (Å²) in [6.45, 7) is 11.4. The molecule has 0 radical (unpaired) electrons. The summed E-state index contributed by atoms with van der Waals surface area (Å²) in [5.41, 5.74) is 14.3. The highest BCUT2D eigenvalue weighted by atomic mass is 14.8. The van der Waals surface area contributed by atoms with Crippen molar-refractivity contribution in [3.05, 3.63) is 71.3 Å². The van der Waals surface area contributed by atoms with Gasteiger partial charge in [0.2, 0.25) is 0 Å². The molecule has 0 aliphatic heterocycles. The zero-order valence-corrected chi connectivity index (χ0v) is 16.3. The minimum atomic E-state index is 0.768. The summed E-state index contributed by atoms with van der Waals surface area (Å²) >= 11 is 0. The van der Waals surface area contributed by atoms with Gasteiger partial charge in [0, 0.05) is 36.7 Å². The van der Waals surface area contributed by atoms with Crippen LogP contribution < -0.4 is 11.1 Å². The van der Waals surface area contributed by atoms with Gasteiger partial charge in [-0.1, -0.05) is 31.7 Å². The molecule has 3 nitrogen and oxygen atoms in total. The lowest BCUT2D eigenvalue weighted by atomic mass is 9.92. The van der Waals surface area contributed by atoms with Gasteiger partial charge in [-0.25, -0.2) is 0 Å². The summed E-state index contributed by atoms with van der Waals surface area (Å²) < 4.78 is 0. The van der Waals surface area contributed by atoms with Crippen molar-refractivity contribution in [1.82, 2.24) is 0 Å². The average molecular weight is 348 g/mol. The standard InChI is InChI=1S/C23H29N3/c1-6-12-26-15-18(7-2)19-8-11-23(25-5)22(14-19)17(4)21-10-9-20(24)13-16(21)3/h7-11,13-15,25H,4,6,12,24H2,1-3,5H3/b18-7+,26-15?. The third-order valence-electron chi connectivity index (χ3n) is 4.42. The summed E-state index contributed by atoms with van der Waals surface area (Å²) in [7, 11) is 1.93. The second-order valence-corrected chi connectivity index (χ2v) is 6.34. The maximum Gasteiger partial charge on any atom is 0.0417 e. The molecule has 0 heterocycles. The van der Waals surface area contributed by atoms with Gasteiger partial charge in [-0.3, -0.25) is 4.99 Å². The van der Waals surface area contributed by atoms with Crippen molar-refractivity contribution in [2.24, 2.45) is 4.99 Å². The lowest BCUT2D eigenvalue weighted by molar-refractivity contribution is 0.938. The molecule has 136 valence electrons. The molecule has 26 heavy (non-hydrogen) atoms. The van der Waals surface area contributed by atoms with Crippen LogP contribution in [-0.4, -0.2) is 19.8 Å². The Balaban J connectivity index is 2.48. The van der Waals surface area contributed by atoms with E-state index < -0.39 is 0 Å². The Kier molecular flexibility index (Phi) is 6.79. The van der Waals surface area contributed by atoms with Gasteiger partial charge >= 0.3 is 0 Å². The minimum Gasteiger partial charge on any atom is -0.399 e. The van der Waals surface area contributed by atoms with Crippen LogP contribution in [-0.2, 0) is 0 Å². The fraction of sp³-hybridized carbons (Fsp3) is 0.261. The number of hydrogen-bond donors (Lipinski definition) is 2. The Labute approximate surface area is 157 Å². The van der Waals surface area contributed by atoms with Crippen molar-refractivity contribution in [2.75, 3.05) is 24.6 Å². The van der Waals surface area contributed by atoms with Crippen LogP contribution in [0.25, 0.3) is 11.1 Å². The Bertz CT molecular complexity index is 845. The van der Waals surface area contributed by atoms with Crippen LogP contribution in [0, 0.1) is 6.92 Å². The number of nitrogens with one attached hydrogen (secondary N) is 1. The van der Waals surface area contributed by atoms with E-state index in [2.05, 4.69) is 55.0 Å². The van der Waals surface area contributed by atoms with Crippen LogP contribution >= 0.6 is 0 Å². The lowest BCUT2D eigenvalue weighted by Gasteiger charge is -2.16. The molecule has 2 rings (SSSR count). The molecular formula is C23H29N3. The Morgan fingerprint density at radius 2 is 1.96 bits per heavy atom. The first-order valence-corrected chi connectivity index (χ1v) is 9.05.